The van der Waals surface area contributed by atoms with E-state index in [9.17, 15) is 9.18 Å². The Labute approximate surface area is 148 Å². The first-order chi connectivity index (χ1) is 12.2. The molecule has 0 atom stereocenters. The Morgan fingerprint density at radius 1 is 1.04 bits per heavy atom. The molecule has 5 heteroatoms. The molecule has 0 saturated carbocycles. The zero-order valence-corrected chi connectivity index (χ0v) is 14.4. The molecule has 1 amide bonds. The number of carbonyl (C=O) groups excluding carboxylic acids is 1. The zero-order chi connectivity index (χ0) is 17.5. The number of amides is 1. The molecule has 1 saturated heterocycles. The molecule has 1 aliphatic rings. The number of carbonyl (C=O) groups is 1. The third kappa shape index (κ3) is 5.36. The molecule has 0 aliphatic carbocycles. The van der Waals surface area contributed by atoms with Crippen LogP contribution in [0.5, 0.6) is 0 Å². The number of halogens is 1. The van der Waals surface area contributed by atoms with Crippen LogP contribution in [0.2, 0.25) is 0 Å². The number of hydrogen-bond donors (Lipinski definition) is 0. The summed E-state index contributed by atoms with van der Waals surface area (Å²) in [5, 5.41) is 0. The zero-order valence-electron chi connectivity index (χ0n) is 14.4. The van der Waals surface area contributed by atoms with E-state index in [0.29, 0.717) is 6.42 Å². The van der Waals surface area contributed by atoms with E-state index in [1.54, 1.807) is 6.20 Å². The molecule has 0 bridgehead atoms. The van der Waals surface area contributed by atoms with Crippen molar-refractivity contribution in [1.82, 2.24) is 14.8 Å². The molecule has 1 fully saturated rings. The number of aryl methyl sites for hydroxylation is 1. The maximum atomic E-state index is 13.0. The molecule has 2 heterocycles. The van der Waals surface area contributed by atoms with Crippen LogP contribution in [0.4, 0.5) is 4.39 Å². The molecule has 25 heavy (non-hydrogen) atoms. The van der Waals surface area contributed by atoms with Gasteiger partial charge >= 0.3 is 0 Å². The monoisotopic (exact) mass is 341 g/mol. The Balaban J connectivity index is 1.47. The highest BCUT2D eigenvalue weighted by molar-refractivity contribution is 5.76. The lowest BCUT2D eigenvalue weighted by molar-refractivity contribution is -0.131. The van der Waals surface area contributed by atoms with Crippen LogP contribution in [0.3, 0.4) is 0 Å². The number of benzene rings is 1. The number of aromatic nitrogens is 1. The van der Waals surface area contributed by atoms with Crippen LogP contribution in [0, 0.1) is 5.82 Å². The standard InChI is InChI=1S/C20H24FN3O/c21-19-7-4-18(5-8-19)16-23-11-2-12-24(14-13-23)20(25)9-6-17-3-1-10-22-15-17/h1,3-5,7-8,10,15H,2,6,9,11-14,16H2. The van der Waals surface area contributed by atoms with Crippen molar-refractivity contribution in [2.45, 2.75) is 25.8 Å². The quantitative estimate of drug-likeness (QED) is 0.839. The van der Waals surface area contributed by atoms with Crippen molar-refractivity contribution in [2.24, 2.45) is 0 Å². The van der Waals surface area contributed by atoms with Gasteiger partial charge in [0, 0.05) is 51.5 Å². The van der Waals surface area contributed by atoms with Gasteiger partial charge in [0.05, 0.1) is 0 Å². The normalized spacial score (nSPS) is 15.8. The van der Waals surface area contributed by atoms with Gasteiger partial charge in [-0.25, -0.2) is 4.39 Å². The van der Waals surface area contributed by atoms with Crippen LogP contribution >= 0.6 is 0 Å². The minimum Gasteiger partial charge on any atom is -0.341 e. The van der Waals surface area contributed by atoms with E-state index >= 15 is 0 Å². The van der Waals surface area contributed by atoms with Gasteiger partial charge in [-0.1, -0.05) is 18.2 Å². The smallest absolute Gasteiger partial charge is 0.222 e. The van der Waals surface area contributed by atoms with Crippen molar-refractivity contribution in [3.8, 4) is 0 Å². The summed E-state index contributed by atoms with van der Waals surface area (Å²) >= 11 is 0. The molecule has 1 aromatic carbocycles. The fourth-order valence-corrected chi connectivity index (χ4v) is 3.18. The molecule has 0 spiro atoms. The predicted molar refractivity (Wildman–Crippen MR) is 95.4 cm³/mol. The fraction of sp³-hybridized carbons (Fsp3) is 0.400. The predicted octanol–water partition coefficient (Wildman–Crippen LogP) is 2.89. The Kier molecular flexibility index (Phi) is 6.12. The lowest BCUT2D eigenvalue weighted by Crippen LogP contribution is -2.35. The third-order valence-electron chi connectivity index (χ3n) is 4.61. The minimum absolute atomic E-state index is 0.204. The van der Waals surface area contributed by atoms with E-state index in [2.05, 4.69) is 9.88 Å². The van der Waals surface area contributed by atoms with E-state index in [1.807, 2.05) is 35.4 Å². The summed E-state index contributed by atoms with van der Waals surface area (Å²) < 4.78 is 13.0. The third-order valence-corrected chi connectivity index (χ3v) is 4.61. The number of hydrogen-bond acceptors (Lipinski definition) is 3. The first kappa shape index (κ1) is 17.5. The van der Waals surface area contributed by atoms with Crippen molar-refractivity contribution in [1.29, 1.82) is 0 Å². The fourth-order valence-electron chi connectivity index (χ4n) is 3.18. The summed E-state index contributed by atoms with van der Waals surface area (Å²) in [6.07, 6.45) is 5.81. The van der Waals surface area contributed by atoms with Crippen molar-refractivity contribution in [3.05, 3.63) is 65.7 Å². The highest BCUT2D eigenvalue weighted by Crippen LogP contribution is 2.11. The average molecular weight is 341 g/mol. The van der Waals surface area contributed by atoms with Gasteiger partial charge in [0.2, 0.25) is 5.91 Å². The van der Waals surface area contributed by atoms with Gasteiger partial charge < -0.3 is 4.90 Å². The molecule has 1 aromatic heterocycles. The van der Waals surface area contributed by atoms with Crippen LogP contribution in [0.15, 0.2) is 48.8 Å². The van der Waals surface area contributed by atoms with Gasteiger partial charge in [-0.3, -0.25) is 14.7 Å². The van der Waals surface area contributed by atoms with Crippen LogP contribution in [-0.4, -0.2) is 46.9 Å². The highest BCUT2D eigenvalue weighted by atomic mass is 19.1. The maximum Gasteiger partial charge on any atom is 0.222 e. The Morgan fingerprint density at radius 2 is 1.88 bits per heavy atom. The first-order valence-corrected chi connectivity index (χ1v) is 8.84. The topological polar surface area (TPSA) is 36.4 Å². The molecule has 0 unspecified atom stereocenters. The summed E-state index contributed by atoms with van der Waals surface area (Å²) in [5.74, 6) is 0.0116. The SMILES string of the molecule is O=C(CCc1cccnc1)N1CCCN(Cc2ccc(F)cc2)CC1. The summed E-state index contributed by atoms with van der Waals surface area (Å²) in [4.78, 5) is 20.9. The van der Waals surface area contributed by atoms with Crippen molar-refractivity contribution >= 4 is 5.91 Å². The molecule has 2 aromatic rings. The molecular formula is C20H24FN3O. The second-order valence-corrected chi connectivity index (χ2v) is 6.50. The van der Waals surface area contributed by atoms with Gasteiger partial charge in [0.15, 0.2) is 0 Å². The largest absolute Gasteiger partial charge is 0.341 e. The van der Waals surface area contributed by atoms with E-state index < -0.39 is 0 Å². The number of rotatable bonds is 5. The first-order valence-electron chi connectivity index (χ1n) is 8.84. The van der Waals surface area contributed by atoms with E-state index in [4.69, 9.17) is 0 Å². The van der Waals surface area contributed by atoms with E-state index in [0.717, 1.165) is 56.7 Å². The molecule has 0 radical (unpaired) electrons. The molecule has 4 nitrogen and oxygen atoms in total. The van der Waals surface area contributed by atoms with Crippen molar-refractivity contribution in [3.63, 3.8) is 0 Å². The summed E-state index contributed by atoms with van der Waals surface area (Å²) in [6.45, 7) is 4.19. The summed E-state index contributed by atoms with van der Waals surface area (Å²) in [5.41, 5.74) is 2.21. The number of nitrogens with zero attached hydrogens (tertiary/aromatic N) is 3. The van der Waals surface area contributed by atoms with E-state index in [1.165, 1.54) is 12.1 Å². The number of pyridine rings is 1. The lowest BCUT2D eigenvalue weighted by atomic mass is 10.1. The summed E-state index contributed by atoms with van der Waals surface area (Å²) in [7, 11) is 0. The summed E-state index contributed by atoms with van der Waals surface area (Å²) in [6, 6.07) is 10.6. The second kappa shape index (κ2) is 8.72. The van der Waals surface area contributed by atoms with Crippen LogP contribution in [0.1, 0.15) is 24.0 Å². The van der Waals surface area contributed by atoms with Gasteiger partial charge in [0.1, 0.15) is 5.82 Å². The Morgan fingerprint density at radius 3 is 2.64 bits per heavy atom. The Bertz CT molecular complexity index is 675. The minimum atomic E-state index is -0.204. The Hall–Kier alpha value is -2.27. The van der Waals surface area contributed by atoms with Crippen molar-refractivity contribution in [2.75, 3.05) is 26.2 Å². The van der Waals surface area contributed by atoms with Crippen LogP contribution in [0.25, 0.3) is 0 Å². The second-order valence-electron chi connectivity index (χ2n) is 6.50. The lowest BCUT2D eigenvalue weighted by Gasteiger charge is -2.22. The van der Waals surface area contributed by atoms with Gasteiger partial charge in [-0.2, -0.15) is 0 Å². The van der Waals surface area contributed by atoms with Crippen LogP contribution in [-0.2, 0) is 17.8 Å². The average Bonchev–Trinajstić information content (AvgIpc) is 2.88. The molecular weight excluding hydrogens is 317 g/mol. The van der Waals surface area contributed by atoms with Gasteiger partial charge in [-0.15, -0.1) is 0 Å². The van der Waals surface area contributed by atoms with E-state index in [-0.39, 0.29) is 11.7 Å². The molecule has 132 valence electrons. The van der Waals surface area contributed by atoms with Crippen molar-refractivity contribution < 1.29 is 9.18 Å². The molecule has 1 aliphatic heterocycles. The maximum absolute atomic E-state index is 13.0. The van der Waals surface area contributed by atoms with Crippen LogP contribution < -0.4 is 0 Å². The van der Waals surface area contributed by atoms with Gasteiger partial charge in [0.25, 0.3) is 0 Å². The molecule has 3 rings (SSSR count). The molecule has 0 N–H and O–H groups in total. The van der Waals surface area contributed by atoms with Gasteiger partial charge in [-0.05, 0) is 42.2 Å². The highest BCUT2D eigenvalue weighted by Gasteiger charge is 2.19.